The monoisotopic (exact) mass is 290 g/mol. The minimum Gasteiger partial charge on any atom is -0.276 e. The predicted molar refractivity (Wildman–Crippen MR) is 79.3 cm³/mol. The van der Waals surface area contributed by atoms with E-state index in [9.17, 15) is 15.3 Å². The Bertz CT molecular complexity index is 882. The molecule has 0 atom stereocenters. The van der Waals surface area contributed by atoms with Crippen LogP contribution in [-0.2, 0) is 0 Å². The lowest BCUT2D eigenvalue weighted by Crippen LogP contribution is -1.94. The van der Waals surface area contributed by atoms with Gasteiger partial charge in [0.1, 0.15) is 17.7 Å². The number of benzene rings is 2. The molecule has 0 aliphatic heterocycles. The molecule has 1 aliphatic rings. The fraction of sp³-hybridized carbons (Fsp3) is 0. The number of rotatable bonds is 1. The van der Waals surface area contributed by atoms with Crippen LogP contribution in [0.1, 0.15) is 21.5 Å². The van der Waals surface area contributed by atoms with Crippen molar-refractivity contribution >= 4 is 22.4 Å². The Kier molecular flexibility index (Phi) is 3.06. The second kappa shape index (κ2) is 4.90. The van der Waals surface area contributed by atoms with E-state index >= 15 is 0 Å². The van der Waals surface area contributed by atoms with E-state index < -0.39 is 5.24 Å². The molecule has 21 heavy (non-hydrogen) atoms. The van der Waals surface area contributed by atoms with E-state index in [0.717, 1.165) is 11.1 Å². The second-order valence-electron chi connectivity index (χ2n) is 4.52. The molecule has 2 aromatic carbocycles. The zero-order valence-electron chi connectivity index (χ0n) is 10.7. The van der Waals surface area contributed by atoms with Crippen molar-refractivity contribution in [1.29, 1.82) is 10.5 Å². The van der Waals surface area contributed by atoms with Gasteiger partial charge < -0.3 is 0 Å². The van der Waals surface area contributed by atoms with Crippen LogP contribution in [0, 0.1) is 22.7 Å². The van der Waals surface area contributed by atoms with E-state index in [2.05, 4.69) is 0 Å². The molecular weight excluding hydrogens is 284 g/mol. The SMILES string of the molecule is N#CC(C#N)=C1c2ccccc2-c2c(C(=O)Cl)cccc21. The highest BCUT2D eigenvalue weighted by Crippen LogP contribution is 2.47. The summed E-state index contributed by atoms with van der Waals surface area (Å²) in [5.41, 5.74) is 3.94. The first-order chi connectivity index (χ1) is 10.2. The van der Waals surface area contributed by atoms with Gasteiger partial charge in [0, 0.05) is 16.7 Å². The van der Waals surface area contributed by atoms with Crippen molar-refractivity contribution in [2.45, 2.75) is 0 Å². The van der Waals surface area contributed by atoms with Crippen molar-refractivity contribution in [2.75, 3.05) is 0 Å². The van der Waals surface area contributed by atoms with Gasteiger partial charge in [-0.05, 0) is 34.4 Å². The van der Waals surface area contributed by atoms with Crippen LogP contribution in [0.5, 0.6) is 0 Å². The summed E-state index contributed by atoms with van der Waals surface area (Å²) in [4.78, 5) is 11.6. The van der Waals surface area contributed by atoms with Crippen LogP contribution < -0.4 is 0 Å². The van der Waals surface area contributed by atoms with Crippen LogP contribution in [0.25, 0.3) is 16.7 Å². The highest BCUT2D eigenvalue weighted by Gasteiger charge is 2.29. The third-order valence-corrected chi connectivity index (χ3v) is 3.69. The molecule has 0 radical (unpaired) electrons. The summed E-state index contributed by atoms with van der Waals surface area (Å²) in [5.74, 6) is 0. The first-order valence-corrected chi connectivity index (χ1v) is 6.54. The Morgan fingerprint density at radius 1 is 0.905 bits per heavy atom. The van der Waals surface area contributed by atoms with E-state index in [1.807, 2.05) is 36.4 Å². The number of nitriles is 2. The van der Waals surface area contributed by atoms with Crippen molar-refractivity contribution < 1.29 is 4.79 Å². The Hall–Kier alpha value is -2.88. The Morgan fingerprint density at radius 3 is 2.14 bits per heavy atom. The number of hydrogen-bond acceptors (Lipinski definition) is 3. The van der Waals surface area contributed by atoms with Crippen molar-refractivity contribution in [3.8, 4) is 23.3 Å². The van der Waals surface area contributed by atoms with Crippen LogP contribution in [0.3, 0.4) is 0 Å². The predicted octanol–water partition coefficient (Wildman–Crippen LogP) is 3.90. The minimum absolute atomic E-state index is 0.0281. The molecule has 98 valence electrons. The van der Waals surface area contributed by atoms with E-state index in [1.165, 1.54) is 0 Å². The van der Waals surface area contributed by atoms with Gasteiger partial charge in [-0.25, -0.2) is 0 Å². The molecule has 0 aromatic heterocycles. The summed E-state index contributed by atoms with van der Waals surface area (Å²) < 4.78 is 0. The molecule has 0 unspecified atom stereocenters. The van der Waals surface area contributed by atoms with Gasteiger partial charge in [-0.1, -0.05) is 36.4 Å². The first-order valence-electron chi connectivity index (χ1n) is 6.16. The molecule has 3 nitrogen and oxygen atoms in total. The Balaban J connectivity index is 2.51. The topological polar surface area (TPSA) is 64.7 Å². The Morgan fingerprint density at radius 2 is 1.52 bits per heavy atom. The van der Waals surface area contributed by atoms with Crippen molar-refractivity contribution in [2.24, 2.45) is 0 Å². The quantitative estimate of drug-likeness (QED) is 0.504. The molecule has 2 aromatic rings. The van der Waals surface area contributed by atoms with Gasteiger partial charge in [0.25, 0.3) is 5.24 Å². The van der Waals surface area contributed by atoms with E-state index in [1.54, 1.807) is 18.2 Å². The van der Waals surface area contributed by atoms with Crippen molar-refractivity contribution in [3.05, 3.63) is 64.7 Å². The summed E-state index contributed by atoms with van der Waals surface area (Å²) >= 11 is 5.66. The normalized spacial score (nSPS) is 11.1. The maximum Gasteiger partial charge on any atom is 0.253 e. The van der Waals surface area contributed by atoms with Gasteiger partial charge in [-0.3, -0.25) is 4.79 Å². The molecule has 1 aliphatic carbocycles. The lowest BCUT2D eigenvalue weighted by Gasteiger charge is -2.05. The standard InChI is InChI=1S/C17H7ClN2O/c18-17(21)14-7-3-6-13-15(10(8-19)9-20)11-4-1-2-5-12(11)16(13)14/h1-7H. The summed E-state index contributed by atoms with van der Waals surface area (Å²) in [5, 5.41) is 17.8. The number of carbonyl (C=O) groups is 1. The van der Waals surface area contributed by atoms with Gasteiger partial charge in [0.05, 0.1) is 0 Å². The highest BCUT2D eigenvalue weighted by molar-refractivity contribution is 6.68. The van der Waals surface area contributed by atoms with Gasteiger partial charge >= 0.3 is 0 Å². The smallest absolute Gasteiger partial charge is 0.253 e. The van der Waals surface area contributed by atoms with Gasteiger partial charge in [-0.15, -0.1) is 0 Å². The van der Waals surface area contributed by atoms with Crippen LogP contribution in [0.4, 0.5) is 0 Å². The lowest BCUT2D eigenvalue weighted by molar-refractivity contribution is 0.108. The summed E-state index contributed by atoms with van der Waals surface area (Å²) in [7, 11) is 0. The summed E-state index contributed by atoms with van der Waals surface area (Å²) in [6, 6.07) is 16.4. The van der Waals surface area contributed by atoms with Crippen molar-refractivity contribution in [3.63, 3.8) is 0 Å². The average Bonchev–Trinajstić information content (AvgIpc) is 2.84. The third kappa shape index (κ3) is 1.84. The average molecular weight is 291 g/mol. The largest absolute Gasteiger partial charge is 0.276 e. The maximum atomic E-state index is 11.6. The maximum absolute atomic E-state index is 11.6. The number of fused-ring (bicyclic) bond motifs is 3. The number of hydrogen-bond donors (Lipinski definition) is 0. The molecule has 4 heteroatoms. The van der Waals surface area contributed by atoms with E-state index in [-0.39, 0.29) is 5.57 Å². The van der Waals surface area contributed by atoms with Gasteiger partial charge in [0.2, 0.25) is 0 Å². The number of allylic oxidation sites excluding steroid dienone is 1. The van der Waals surface area contributed by atoms with E-state index in [4.69, 9.17) is 11.6 Å². The molecular formula is C17H7ClN2O. The zero-order valence-corrected chi connectivity index (χ0v) is 11.5. The van der Waals surface area contributed by atoms with Crippen LogP contribution in [0.2, 0.25) is 0 Å². The molecule has 0 spiro atoms. The van der Waals surface area contributed by atoms with E-state index in [0.29, 0.717) is 22.3 Å². The molecule has 0 N–H and O–H groups in total. The molecule has 0 fully saturated rings. The molecule has 0 amide bonds. The number of nitrogens with zero attached hydrogens (tertiary/aromatic N) is 2. The number of carbonyl (C=O) groups excluding carboxylic acids is 1. The third-order valence-electron chi connectivity index (χ3n) is 3.48. The van der Waals surface area contributed by atoms with Crippen LogP contribution in [0.15, 0.2) is 48.0 Å². The second-order valence-corrected chi connectivity index (χ2v) is 4.86. The zero-order chi connectivity index (χ0) is 15.0. The lowest BCUT2D eigenvalue weighted by atomic mass is 9.98. The van der Waals surface area contributed by atoms with Gasteiger partial charge in [-0.2, -0.15) is 10.5 Å². The Labute approximate surface area is 126 Å². The van der Waals surface area contributed by atoms with Crippen LogP contribution >= 0.6 is 11.6 Å². The molecule has 3 rings (SSSR count). The molecule has 0 bridgehead atoms. The fourth-order valence-corrected chi connectivity index (χ4v) is 2.84. The summed E-state index contributed by atoms with van der Waals surface area (Å²) in [6.07, 6.45) is 0. The molecule has 0 saturated heterocycles. The van der Waals surface area contributed by atoms with Crippen molar-refractivity contribution in [1.82, 2.24) is 0 Å². The highest BCUT2D eigenvalue weighted by atomic mass is 35.5. The van der Waals surface area contributed by atoms with Gasteiger partial charge in [0.15, 0.2) is 0 Å². The summed E-state index contributed by atoms with van der Waals surface area (Å²) in [6.45, 7) is 0. The number of halogens is 1. The fourth-order valence-electron chi connectivity index (χ4n) is 2.68. The first kappa shape index (κ1) is 13.1. The molecule has 0 saturated carbocycles. The molecule has 0 heterocycles. The van der Waals surface area contributed by atoms with Crippen LogP contribution in [-0.4, -0.2) is 5.24 Å². The minimum atomic E-state index is -0.557.